The zero-order valence-electron chi connectivity index (χ0n) is 15.5. The molecule has 0 saturated heterocycles. The molecule has 0 atom stereocenters. The third-order valence-corrected chi connectivity index (χ3v) is 6.39. The Bertz CT molecular complexity index is 618. The fourth-order valence-electron chi connectivity index (χ4n) is 4.37. The zero-order chi connectivity index (χ0) is 17.4. The van der Waals surface area contributed by atoms with E-state index in [0.29, 0.717) is 5.41 Å². The Morgan fingerprint density at radius 2 is 1.29 bits per heavy atom. The maximum atomic E-state index is 4.48. The Kier molecular flexibility index (Phi) is 4.84. The molecule has 128 valence electrons. The highest BCUT2D eigenvalue weighted by Gasteiger charge is 2.40. The van der Waals surface area contributed by atoms with Crippen LogP contribution >= 0.6 is 12.6 Å². The Balaban J connectivity index is 2.00. The van der Waals surface area contributed by atoms with Crippen molar-refractivity contribution in [3.63, 3.8) is 0 Å². The third-order valence-electron chi connectivity index (χ3n) is 6.09. The van der Waals surface area contributed by atoms with E-state index in [0.717, 1.165) is 10.8 Å². The van der Waals surface area contributed by atoms with E-state index < -0.39 is 0 Å². The van der Waals surface area contributed by atoms with Crippen molar-refractivity contribution in [2.24, 2.45) is 11.3 Å². The molecule has 0 N–H and O–H groups in total. The lowest BCUT2D eigenvalue weighted by Gasteiger charge is -2.45. The van der Waals surface area contributed by atoms with Gasteiger partial charge in [-0.1, -0.05) is 62.7 Å². The van der Waals surface area contributed by atoms with Crippen LogP contribution in [0.1, 0.15) is 63.1 Å². The van der Waals surface area contributed by atoms with Crippen LogP contribution in [-0.4, -0.2) is 0 Å². The molecule has 0 heterocycles. The van der Waals surface area contributed by atoms with E-state index in [1.807, 2.05) is 0 Å². The normalized spacial score (nSPS) is 24.8. The summed E-state index contributed by atoms with van der Waals surface area (Å²) in [6.07, 6.45) is 5.09. The largest absolute Gasteiger partial charge is 0.143 e. The van der Waals surface area contributed by atoms with Crippen LogP contribution in [0.25, 0.3) is 0 Å². The van der Waals surface area contributed by atoms with Crippen LogP contribution in [0.15, 0.2) is 53.4 Å². The molecule has 1 fully saturated rings. The molecule has 0 radical (unpaired) electrons. The van der Waals surface area contributed by atoms with E-state index in [9.17, 15) is 0 Å². The minimum atomic E-state index is 0.164. The quantitative estimate of drug-likeness (QED) is 0.571. The van der Waals surface area contributed by atoms with Gasteiger partial charge in [0.1, 0.15) is 0 Å². The van der Waals surface area contributed by atoms with Crippen LogP contribution in [0.4, 0.5) is 0 Å². The second kappa shape index (κ2) is 6.59. The summed E-state index contributed by atoms with van der Waals surface area (Å²) in [5.74, 6) is 0.820. The van der Waals surface area contributed by atoms with Crippen molar-refractivity contribution in [2.75, 3.05) is 0 Å². The van der Waals surface area contributed by atoms with Gasteiger partial charge in [-0.3, -0.25) is 0 Å². The van der Waals surface area contributed by atoms with E-state index in [-0.39, 0.29) is 5.41 Å². The molecule has 1 saturated carbocycles. The summed E-state index contributed by atoms with van der Waals surface area (Å²) in [7, 11) is 0. The van der Waals surface area contributed by atoms with E-state index >= 15 is 0 Å². The molecule has 2 aromatic carbocycles. The Labute approximate surface area is 153 Å². The molecule has 3 rings (SSSR count). The monoisotopic (exact) mass is 338 g/mol. The van der Waals surface area contributed by atoms with Gasteiger partial charge in [0.25, 0.3) is 0 Å². The Morgan fingerprint density at radius 1 is 0.833 bits per heavy atom. The number of aryl methyl sites for hydroxylation is 1. The minimum Gasteiger partial charge on any atom is -0.143 e. The molecule has 1 heteroatoms. The van der Waals surface area contributed by atoms with E-state index in [4.69, 9.17) is 0 Å². The second-order valence-corrected chi connectivity index (χ2v) is 9.15. The number of thiol groups is 1. The lowest BCUT2D eigenvalue weighted by Crippen LogP contribution is -2.36. The van der Waals surface area contributed by atoms with Crippen molar-refractivity contribution in [3.8, 4) is 0 Å². The summed E-state index contributed by atoms with van der Waals surface area (Å²) in [6.45, 7) is 9.35. The van der Waals surface area contributed by atoms with Gasteiger partial charge in [0.15, 0.2) is 0 Å². The molecule has 1 aliphatic rings. The lowest BCUT2D eigenvalue weighted by atomic mass is 9.59. The maximum absolute atomic E-state index is 4.48. The Morgan fingerprint density at radius 3 is 1.75 bits per heavy atom. The molecule has 24 heavy (non-hydrogen) atoms. The topological polar surface area (TPSA) is 0 Å². The van der Waals surface area contributed by atoms with Gasteiger partial charge in [-0.25, -0.2) is 0 Å². The van der Waals surface area contributed by atoms with Crippen molar-refractivity contribution in [1.82, 2.24) is 0 Å². The van der Waals surface area contributed by atoms with Crippen molar-refractivity contribution in [1.29, 1.82) is 0 Å². The second-order valence-electron chi connectivity index (χ2n) is 8.64. The average Bonchev–Trinajstić information content (AvgIpc) is 2.55. The molecule has 0 unspecified atom stereocenters. The summed E-state index contributed by atoms with van der Waals surface area (Å²) in [5, 5.41) is 0. The molecule has 0 nitrogen and oxygen atoms in total. The summed E-state index contributed by atoms with van der Waals surface area (Å²) < 4.78 is 0. The molecule has 2 aromatic rings. The first-order valence-electron chi connectivity index (χ1n) is 9.18. The average molecular weight is 339 g/mol. The first kappa shape index (κ1) is 17.6. The van der Waals surface area contributed by atoms with Crippen molar-refractivity contribution >= 4 is 12.6 Å². The predicted molar refractivity (Wildman–Crippen MR) is 107 cm³/mol. The first-order chi connectivity index (χ1) is 11.3. The lowest BCUT2D eigenvalue weighted by molar-refractivity contribution is 0.146. The SMILES string of the molecule is Cc1ccc(C2(c3ccc(S)cc3)CCC(C(C)(C)C)CC2)cc1. The molecule has 0 aromatic heterocycles. The number of benzene rings is 2. The number of hydrogen-bond donors (Lipinski definition) is 1. The summed E-state index contributed by atoms with van der Waals surface area (Å²) in [5.41, 5.74) is 4.84. The molecule has 0 spiro atoms. The fourth-order valence-corrected chi connectivity index (χ4v) is 4.52. The van der Waals surface area contributed by atoms with Crippen LogP contribution in [0.5, 0.6) is 0 Å². The highest BCUT2D eigenvalue weighted by molar-refractivity contribution is 7.80. The smallest absolute Gasteiger partial charge is 0.0203 e. The number of hydrogen-bond acceptors (Lipinski definition) is 1. The van der Waals surface area contributed by atoms with Gasteiger partial charge in [-0.15, -0.1) is 12.6 Å². The van der Waals surface area contributed by atoms with Crippen LogP contribution in [0, 0.1) is 18.3 Å². The standard InChI is InChI=1S/C23H30S/c1-17-5-7-19(8-6-17)23(20-9-11-21(24)12-10-20)15-13-18(14-16-23)22(2,3)4/h5-12,18,24H,13-16H2,1-4H3. The van der Waals surface area contributed by atoms with Crippen molar-refractivity contribution < 1.29 is 0 Å². The fraction of sp³-hybridized carbons (Fsp3) is 0.478. The summed E-state index contributed by atoms with van der Waals surface area (Å²) in [4.78, 5) is 1.04. The van der Waals surface area contributed by atoms with Gasteiger partial charge >= 0.3 is 0 Å². The summed E-state index contributed by atoms with van der Waals surface area (Å²) >= 11 is 4.48. The molecule has 0 aliphatic heterocycles. The maximum Gasteiger partial charge on any atom is 0.0203 e. The van der Waals surface area contributed by atoms with E-state index in [1.54, 1.807) is 0 Å². The summed E-state index contributed by atoms with van der Waals surface area (Å²) in [6, 6.07) is 18.1. The zero-order valence-corrected chi connectivity index (χ0v) is 16.4. The number of rotatable bonds is 2. The van der Waals surface area contributed by atoms with Crippen LogP contribution < -0.4 is 0 Å². The van der Waals surface area contributed by atoms with Crippen LogP contribution in [0.2, 0.25) is 0 Å². The van der Waals surface area contributed by atoms with E-state index in [2.05, 4.69) is 88.9 Å². The van der Waals surface area contributed by atoms with Gasteiger partial charge in [-0.2, -0.15) is 0 Å². The van der Waals surface area contributed by atoms with Gasteiger partial charge in [-0.05, 0) is 67.2 Å². The third kappa shape index (κ3) is 3.42. The van der Waals surface area contributed by atoms with Crippen LogP contribution in [0.3, 0.4) is 0 Å². The highest BCUT2D eigenvalue weighted by Crippen LogP contribution is 2.50. The molecule has 0 bridgehead atoms. The van der Waals surface area contributed by atoms with Crippen molar-refractivity contribution in [3.05, 3.63) is 65.2 Å². The first-order valence-corrected chi connectivity index (χ1v) is 9.63. The minimum absolute atomic E-state index is 0.164. The van der Waals surface area contributed by atoms with Gasteiger partial charge in [0, 0.05) is 10.3 Å². The van der Waals surface area contributed by atoms with E-state index in [1.165, 1.54) is 42.4 Å². The molecular formula is C23H30S. The van der Waals surface area contributed by atoms with Gasteiger partial charge < -0.3 is 0 Å². The van der Waals surface area contributed by atoms with Gasteiger partial charge in [0.05, 0.1) is 0 Å². The molecular weight excluding hydrogens is 308 g/mol. The Hall–Kier alpha value is -1.21. The van der Waals surface area contributed by atoms with Crippen LogP contribution in [-0.2, 0) is 5.41 Å². The highest BCUT2D eigenvalue weighted by atomic mass is 32.1. The predicted octanol–water partition coefficient (Wildman–Crippen LogP) is 6.81. The molecule has 1 aliphatic carbocycles. The molecule has 0 amide bonds. The van der Waals surface area contributed by atoms with Crippen molar-refractivity contribution in [2.45, 2.75) is 63.7 Å². The van der Waals surface area contributed by atoms with Gasteiger partial charge in [0.2, 0.25) is 0 Å².